The van der Waals surface area contributed by atoms with Crippen LogP contribution in [0.4, 0.5) is 18.0 Å². The summed E-state index contributed by atoms with van der Waals surface area (Å²) in [4.78, 5) is 16.5. The Bertz CT molecular complexity index is 866. The van der Waals surface area contributed by atoms with Gasteiger partial charge < -0.3 is 14.4 Å². The minimum atomic E-state index is -4.63. The third kappa shape index (κ3) is 4.10. The van der Waals surface area contributed by atoms with Crippen molar-refractivity contribution < 1.29 is 32.3 Å². The maximum atomic E-state index is 13.4. The van der Waals surface area contributed by atoms with Crippen molar-refractivity contribution in [2.45, 2.75) is 31.5 Å². The molecular weight excluding hydrogens is 379 g/mol. The van der Waals surface area contributed by atoms with Gasteiger partial charge in [0.2, 0.25) is 11.7 Å². The van der Waals surface area contributed by atoms with Crippen molar-refractivity contribution in [2.24, 2.45) is 0 Å². The lowest BCUT2D eigenvalue weighted by Crippen LogP contribution is -2.28. The topological polar surface area (TPSA) is 88.7 Å². The van der Waals surface area contributed by atoms with Crippen molar-refractivity contribution in [2.75, 3.05) is 13.2 Å². The molecule has 0 spiro atoms. The summed E-state index contributed by atoms with van der Waals surface area (Å²) in [5.74, 6) is -0.278. The first-order valence-corrected chi connectivity index (χ1v) is 8.59. The number of carboxylic acid groups (broad SMARTS) is 1. The number of benzene rings is 1. The van der Waals surface area contributed by atoms with Crippen LogP contribution in [0.3, 0.4) is 0 Å². The molecule has 0 radical (unpaired) electrons. The summed E-state index contributed by atoms with van der Waals surface area (Å²) in [6.07, 6.45) is -2.62. The van der Waals surface area contributed by atoms with Crippen molar-refractivity contribution in [1.29, 1.82) is 0 Å². The summed E-state index contributed by atoms with van der Waals surface area (Å²) in [7, 11) is 0. The fourth-order valence-corrected chi connectivity index (χ4v) is 3.01. The highest BCUT2D eigenvalue weighted by molar-refractivity contribution is 5.66. The minimum Gasteiger partial charge on any atom is -0.493 e. The molecule has 3 rings (SSSR count). The summed E-state index contributed by atoms with van der Waals surface area (Å²) in [6.45, 7) is 3.91. The molecule has 1 aromatic heterocycles. The molecule has 1 aliphatic heterocycles. The first-order valence-electron chi connectivity index (χ1n) is 8.59. The van der Waals surface area contributed by atoms with Crippen LogP contribution in [0.5, 0.6) is 5.75 Å². The Labute approximate surface area is 158 Å². The number of ether oxygens (including phenoxy) is 1. The van der Waals surface area contributed by atoms with E-state index in [1.54, 1.807) is 6.08 Å². The number of rotatable bonds is 6. The van der Waals surface area contributed by atoms with Gasteiger partial charge >= 0.3 is 12.3 Å². The monoisotopic (exact) mass is 397 g/mol. The summed E-state index contributed by atoms with van der Waals surface area (Å²) in [5, 5.41) is 12.9. The van der Waals surface area contributed by atoms with Gasteiger partial charge in [0.15, 0.2) is 0 Å². The van der Waals surface area contributed by atoms with E-state index in [4.69, 9.17) is 9.26 Å². The molecule has 7 nitrogen and oxygen atoms in total. The van der Waals surface area contributed by atoms with E-state index in [1.807, 2.05) is 0 Å². The van der Waals surface area contributed by atoms with Crippen LogP contribution in [0.2, 0.25) is 0 Å². The zero-order chi connectivity index (χ0) is 20.3. The van der Waals surface area contributed by atoms with Crippen molar-refractivity contribution in [3.05, 3.63) is 42.3 Å². The Balaban J connectivity index is 1.89. The molecule has 1 aromatic carbocycles. The van der Waals surface area contributed by atoms with Gasteiger partial charge in [0.1, 0.15) is 11.8 Å². The third-order valence-electron chi connectivity index (χ3n) is 4.35. The van der Waals surface area contributed by atoms with E-state index in [0.717, 1.165) is 6.07 Å². The SMILES string of the molecule is C=CCCOc1ccc(-c2noc(C3CCCN3C(=O)O)n2)cc1C(F)(F)F. The number of carbonyl (C=O) groups is 1. The molecule has 2 aromatic rings. The predicted molar refractivity (Wildman–Crippen MR) is 91.8 cm³/mol. The van der Waals surface area contributed by atoms with Crippen LogP contribution < -0.4 is 4.74 Å². The van der Waals surface area contributed by atoms with E-state index >= 15 is 0 Å². The predicted octanol–water partition coefficient (Wildman–Crippen LogP) is 4.53. The van der Waals surface area contributed by atoms with Crippen molar-refractivity contribution >= 4 is 6.09 Å². The average molecular weight is 397 g/mol. The second-order valence-corrected chi connectivity index (χ2v) is 6.22. The highest BCUT2D eigenvalue weighted by Gasteiger charge is 2.36. The van der Waals surface area contributed by atoms with Crippen molar-refractivity contribution in [3.8, 4) is 17.1 Å². The molecule has 1 saturated heterocycles. The summed E-state index contributed by atoms with van der Waals surface area (Å²) >= 11 is 0. The number of hydrogen-bond acceptors (Lipinski definition) is 5. The van der Waals surface area contributed by atoms with E-state index in [2.05, 4.69) is 16.7 Å². The Morgan fingerprint density at radius 3 is 2.93 bits per heavy atom. The molecule has 2 heterocycles. The molecule has 1 aliphatic rings. The quantitative estimate of drug-likeness (QED) is 0.569. The smallest absolute Gasteiger partial charge is 0.419 e. The fourth-order valence-electron chi connectivity index (χ4n) is 3.01. The fraction of sp³-hybridized carbons (Fsp3) is 0.389. The van der Waals surface area contributed by atoms with Crippen LogP contribution in [0.15, 0.2) is 35.4 Å². The number of likely N-dealkylation sites (tertiary alicyclic amines) is 1. The van der Waals surface area contributed by atoms with E-state index < -0.39 is 23.9 Å². The molecule has 1 atom stereocenters. The first kappa shape index (κ1) is 19.7. The number of aromatic nitrogens is 2. The molecule has 1 amide bonds. The van der Waals surface area contributed by atoms with Crippen molar-refractivity contribution in [3.63, 3.8) is 0 Å². The van der Waals surface area contributed by atoms with Gasteiger partial charge in [-0.1, -0.05) is 11.2 Å². The van der Waals surface area contributed by atoms with Gasteiger partial charge in [-0.05, 0) is 37.5 Å². The third-order valence-corrected chi connectivity index (χ3v) is 4.35. The second kappa shape index (κ2) is 7.91. The zero-order valence-electron chi connectivity index (χ0n) is 14.8. The molecular formula is C18H18F3N3O4. The lowest BCUT2D eigenvalue weighted by Gasteiger charge is -2.17. The number of amides is 1. The summed E-state index contributed by atoms with van der Waals surface area (Å²) in [6, 6.07) is 2.90. The molecule has 0 saturated carbocycles. The second-order valence-electron chi connectivity index (χ2n) is 6.22. The minimum absolute atomic E-state index is 0.0459. The lowest BCUT2D eigenvalue weighted by atomic mass is 10.1. The highest BCUT2D eigenvalue weighted by Crippen LogP contribution is 2.39. The molecule has 1 N–H and O–H groups in total. The largest absolute Gasteiger partial charge is 0.493 e. The zero-order valence-corrected chi connectivity index (χ0v) is 14.8. The van der Waals surface area contributed by atoms with Crippen LogP contribution in [-0.2, 0) is 6.18 Å². The van der Waals surface area contributed by atoms with Crippen LogP contribution in [0.25, 0.3) is 11.4 Å². The summed E-state index contributed by atoms with van der Waals surface area (Å²) < 4.78 is 50.5. The molecule has 150 valence electrons. The van der Waals surface area contributed by atoms with Gasteiger partial charge in [0.05, 0.1) is 12.2 Å². The van der Waals surface area contributed by atoms with E-state index in [1.165, 1.54) is 17.0 Å². The van der Waals surface area contributed by atoms with Crippen LogP contribution in [0, 0.1) is 0 Å². The van der Waals surface area contributed by atoms with Crippen molar-refractivity contribution in [1.82, 2.24) is 15.0 Å². The molecule has 1 fully saturated rings. The van der Waals surface area contributed by atoms with E-state index in [0.29, 0.717) is 25.8 Å². The highest BCUT2D eigenvalue weighted by atomic mass is 19.4. The van der Waals surface area contributed by atoms with Gasteiger partial charge in [-0.3, -0.25) is 4.90 Å². The van der Waals surface area contributed by atoms with Crippen LogP contribution >= 0.6 is 0 Å². The maximum absolute atomic E-state index is 13.4. The normalized spacial score (nSPS) is 17.0. The van der Waals surface area contributed by atoms with Gasteiger partial charge in [-0.15, -0.1) is 6.58 Å². The van der Waals surface area contributed by atoms with Crippen LogP contribution in [0.1, 0.15) is 36.8 Å². The van der Waals surface area contributed by atoms with Gasteiger partial charge in [-0.25, -0.2) is 4.79 Å². The number of halogens is 3. The first-order chi connectivity index (χ1) is 13.3. The molecule has 10 heteroatoms. The Hall–Kier alpha value is -3.04. The van der Waals surface area contributed by atoms with Gasteiger partial charge in [0.25, 0.3) is 0 Å². The maximum Gasteiger partial charge on any atom is 0.419 e. The number of nitrogens with zero attached hydrogens (tertiary/aromatic N) is 3. The van der Waals surface area contributed by atoms with Crippen LogP contribution in [-0.4, -0.2) is 39.4 Å². The Morgan fingerprint density at radius 1 is 1.46 bits per heavy atom. The lowest BCUT2D eigenvalue weighted by molar-refractivity contribution is -0.138. The molecule has 28 heavy (non-hydrogen) atoms. The molecule has 0 bridgehead atoms. The Kier molecular flexibility index (Phi) is 5.57. The number of hydrogen-bond donors (Lipinski definition) is 1. The number of alkyl halides is 3. The molecule has 1 unspecified atom stereocenters. The molecule has 0 aliphatic carbocycles. The Morgan fingerprint density at radius 2 is 2.25 bits per heavy atom. The standard InChI is InChI=1S/C18H18F3N3O4/c1-2-3-9-27-14-7-6-11(10-12(14)18(19,20)21)15-22-16(28-23-15)13-5-4-8-24(13)17(25)26/h2,6-7,10,13H,1,3-5,8-9H2,(H,25,26). The summed E-state index contributed by atoms with van der Waals surface area (Å²) in [5.41, 5.74) is -0.855. The van der Waals surface area contributed by atoms with E-state index in [-0.39, 0.29) is 29.6 Å². The average Bonchev–Trinajstić information content (AvgIpc) is 3.30. The van der Waals surface area contributed by atoms with Gasteiger partial charge in [0, 0.05) is 12.1 Å². The van der Waals surface area contributed by atoms with E-state index in [9.17, 15) is 23.1 Å². The van der Waals surface area contributed by atoms with Gasteiger partial charge in [-0.2, -0.15) is 18.2 Å².